The van der Waals surface area contributed by atoms with Crippen molar-refractivity contribution in [3.05, 3.63) is 59.2 Å². The average molecular weight is 282 g/mol. The van der Waals surface area contributed by atoms with Crippen molar-refractivity contribution < 1.29 is 14.3 Å². The van der Waals surface area contributed by atoms with Gasteiger partial charge in [-0.25, -0.2) is 4.79 Å². The van der Waals surface area contributed by atoms with E-state index in [1.165, 1.54) is 7.11 Å². The van der Waals surface area contributed by atoms with Crippen molar-refractivity contribution in [2.45, 2.75) is 6.61 Å². The summed E-state index contributed by atoms with van der Waals surface area (Å²) in [6.07, 6.45) is 0. The van der Waals surface area contributed by atoms with Crippen molar-refractivity contribution in [1.82, 2.24) is 0 Å². The molecule has 5 heteroatoms. The highest BCUT2D eigenvalue weighted by Gasteiger charge is 2.09. The lowest BCUT2D eigenvalue weighted by Gasteiger charge is -2.08. The van der Waals surface area contributed by atoms with E-state index in [4.69, 9.17) is 20.5 Å². The maximum atomic E-state index is 11.9. The van der Waals surface area contributed by atoms with Gasteiger partial charge in [-0.3, -0.25) is 0 Å². The summed E-state index contributed by atoms with van der Waals surface area (Å²) >= 11 is 0. The molecular weight excluding hydrogens is 268 g/mol. The number of benzene rings is 2. The fourth-order valence-electron chi connectivity index (χ4n) is 1.77. The monoisotopic (exact) mass is 282 g/mol. The second kappa shape index (κ2) is 6.44. The quantitative estimate of drug-likeness (QED) is 0.688. The molecule has 0 aliphatic carbocycles. The van der Waals surface area contributed by atoms with Crippen LogP contribution in [0.1, 0.15) is 21.5 Å². The number of carbonyl (C=O) groups excluding carboxylic acids is 1. The molecule has 2 aromatic rings. The first-order valence-corrected chi connectivity index (χ1v) is 6.23. The number of rotatable bonds is 4. The lowest BCUT2D eigenvalue weighted by atomic mass is 10.1. The molecule has 0 saturated heterocycles. The number of nitrogen functional groups attached to an aromatic ring is 1. The minimum Gasteiger partial charge on any atom is -0.495 e. The zero-order chi connectivity index (χ0) is 15.2. The number of ether oxygens (including phenoxy) is 2. The topological polar surface area (TPSA) is 85.3 Å². The number of anilines is 1. The molecule has 0 fully saturated rings. The highest BCUT2D eigenvalue weighted by molar-refractivity contribution is 5.89. The Kier molecular flexibility index (Phi) is 4.42. The second-order valence-corrected chi connectivity index (χ2v) is 4.34. The molecule has 0 aliphatic heterocycles. The summed E-state index contributed by atoms with van der Waals surface area (Å²) in [6, 6.07) is 13.5. The zero-order valence-corrected chi connectivity index (χ0v) is 11.5. The highest BCUT2D eigenvalue weighted by atomic mass is 16.5. The molecule has 0 unspecified atom stereocenters. The number of carbonyl (C=O) groups is 1. The van der Waals surface area contributed by atoms with Crippen molar-refractivity contribution in [3.8, 4) is 11.8 Å². The second-order valence-electron chi connectivity index (χ2n) is 4.34. The predicted molar refractivity (Wildman–Crippen MR) is 77.7 cm³/mol. The summed E-state index contributed by atoms with van der Waals surface area (Å²) in [4.78, 5) is 11.9. The van der Waals surface area contributed by atoms with Gasteiger partial charge in [0.1, 0.15) is 18.4 Å². The van der Waals surface area contributed by atoms with Crippen LogP contribution < -0.4 is 10.5 Å². The van der Waals surface area contributed by atoms with Crippen molar-refractivity contribution >= 4 is 11.7 Å². The van der Waals surface area contributed by atoms with Gasteiger partial charge in [-0.2, -0.15) is 5.26 Å². The first kappa shape index (κ1) is 14.4. The first-order chi connectivity index (χ1) is 10.1. The van der Waals surface area contributed by atoms with Crippen molar-refractivity contribution in [1.29, 1.82) is 5.26 Å². The minimum atomic E-state index is -0.432. The number of nitrogens with two attached hydrogens (primary N) is 1. The van der Waals surface area contributed by atoms with Crippen LogP contribution in [0.2, 0.25) is 0 Å². The molecule has 2 rings (SSSR count). The van der Waals surface area contributed by atoms with Crippen LogP contribution in [-0.2, 0) is 11.3 Å². The third kappa shape index (κ3) is 3.51. The molecular formula is C16H14N2O3. The summed E-state index contributed by atoms with van der Waals surface area (Å²) in [5.41, 5.74) is 7.76. The maximum Gasteiger partial charge on any atom is 0.338 e. The largest absolute Gasteiger partial charge is 0.495 e. The summed E-state index contributed by atoms with van der Waals surface area (Å²) in [5, 5.41) is 8.90. The van der Waals surface area contributed by atoms with Gasteiger partial charge in [0.15, 0.2) is 0 Å². The van der Waals surface area contributed by atoms with Gasteiger partial charge in [0.2, 0.25) is 0 Å². The Morgan fingerprint density at radius 1 is 1.24 bits per heavy atom. The fraction of sp³-hybridized carbons (Fsp3) is 0.125. The van der Waals surface area contributed by atoms with Crippen LogP contribution in [-0.4, -0.2) is 13.1 Å². The van der Waals surface area contributed by atoms with Crippen LogP contribution in [0.5, 0.6) is 5.75 Å². The third-order valence-corrected chi connectivity index (χ3v) is 2.90. The molecule has 0 heterocycles. The van der Waals surface area contributed by atoms with Gasteiger partial charge < -0.3 is 15.2 Å². The SMILES string of the molecule is COc1cc(COC(=O)c2ccc(N)cc2)ccc1C#N. The average Bonchev–Trinajstić information content (AvgIpc) is 2.52. The van der Waals surface area contributed by atoms with E-state index in [1.54, 1.807) is 42.5 Å². The van der Waals surface area contributed by atoms with Crippen LogP contribution in [0.3, 0.4) is 0 Å². The first-order valence-electron chi connectivity index (χ1n) is 6.23. The molecule has 0 bridgehead atoms. The van der Waals surface area contributed by atoms with Gasteiger partial charge >= 0.3 is 5.97 Å². The van der Waals surface area contributed by atoms with Gasteiger partial charge in [-0.15, -0.1) is 0 Å². The standard InChI is InChI=1S/C16H14N2O3/c1-20-15-8-11(2-3-13(15)9-17)10-21-16(19)12-4-6-14(18)7-5-12/h2-8H,10,18H2,1H3. The van der Waals surface area contributed by atoms with E-state index in [9.17, 15) is 4.79 Å². The molecule has 2 N–H and O–H groups in total. The maximum absolute atomic E-state index is 11.9. The Morgan fingerprint density at radius 3 is 2.57 bits per heavy atom. The van der Waals surface area contributed by atoms with Gasteiger partial charge in [0.05, 0.1) is 18.2 Å². The summed E-state index contributed by atoms with van der Waals surface area (Å²) in [5.74, 6) is 0.0249. The van der Waals surface area contributed by atoms with Crippen molar-refractivity contribution in [3.63, 3.8) is 0 Å². The number of esters is 1. The van der Waals surface area contributed by atoms with Crippen LogP contribution in [0.15, 0.2) is 42.5 Å². The normalized spacial score (nSPS) is 9.71. The number of nitriles is 1. The van der Waals surface area contributed by atoms with E-state index in [0.717, 1.165) is 5.56 Å². The molecule has 21 heavy (non-hydrogen) atoms. The van der Waals surface area contributed by atoms with Gasteiger partial charge in [0.25, 0.3) is 0 Å². The summed E-state index contributed by atoms with van der Waals surface area (Å²) in [7, 11) is 1.49. The number of hydrogen-bond acceptors (Lipinski definition) is 5. The fourth-order valence-corrected chi connectivity index (χ4v) is 1.77. The van der Waals surface area contributed by atoms with E-state index in [2.05, 4.69) is 0 Å². The van der Waals surface area contributed by atoms with E-state index < -0.39 is 5.97 Å². The summed E-state index contributed by atoms with van der Waals surface area (Å²) in [6.45, 7) is 0.102. The molecule has 5 nitrogen and oxygen atoms in total. The molecule has 0 atom stereocenters. The smallest absolute Gasteiger partial charge is 0.338 e. The molecule has 0 aliphatic rings. The van der Waals surface area contributed by atoms with Gasteiger partial charge in [-0.1, -0.05) is 6.07 Å². The minimum absolute atomic E-state index is 0.102. The van der Waals surface area contributed by atoms with Crippen LogP contribution in [0, 0.1) is 11.3 Å². The lowest BCUT2D eigenvalue weighted by molar-refractivity contribution is 0.0472. The molecule has 0 saturated carbocycles. The van der Waals surface area contributed by atoms with E-state index in [1.807, 2.05) is 6.07 Å². The lowest BCUT2D eigenvalue weighted by Crippen LogP contribution is -2.05. The van der Waals surface area contributed by atoms with Gasteiger partial charge in [-0.05, 0) is 42.0 Å². The van der Waals surface area contributed by atoms with Gasteiger partial charge in [0, 0.05) is 5.69 Å². The van der Waals surface area contributed by atoms with E-state index >= 15 is 0 Å². The van der Waals surface area contributed by atoms with E-state index in [-0.39, 0.29) is 6.61 Å². The molecule has 0 radical (unpaired) electrons. The molecule has 0 spiro atoms. The van der Waals surface area contributed by atoms with Crippen LogP contribution in [0.4, 0.5) is 5.69 Å². The highest BCUT2D eigenvalue weighted by Crippen LogP contribution is 2.20. The third-order valence-electron chi connectivity index (χ3n) is 2.90. The van der Waals surface area contributed by atoms with Crippen LogP contribution in [0.25, 0.3) is 0 Å². The Labute approximate surface area is 122 Å². The Morgan fingerprint density at radius 2 is 1.95 bits per heavy atom. The number of methoxy groups -OCH3 is 1. The Hall–Kier alpha value is -3.00. The van der Waals surface area contributed by atoms with Crippen LogP contribution >= 0.6 is 0 Å². The zero-order valence-electron chi connectivity index (χ0n) is 11.5. The van der Waals surface area contributed by atoms with E-state index in [0.29, 0.717) is 22.6 Å². The predicted octanol–water partition coefficient (Wildman–Crippen LogP) is 2.51. The van der Waals surface area contributed by atoms with Crippen molar-refractivity contribution in [2.24, 2.45) is 0 Å². The molecule has 106 valence electrons. The Balaban J connectivity index is 2.04. The summed E-state index contributed by atoms with van der Waals surface area (Å²) < 4.78 is 10.3. The molecule has 0 aromatic heterocycles. The molecule has 2 aromatic carbocycles. The Bertz CT molecular complexity index is 688. The van der Waals surface area contributed by atoms with Crippen molar-refractivity contribution in [2.75, 3.05) is 12.8 Å². The number of nitrogens with zero attached hydrogens (tertiary/aromatic N) is 1. The number of hydrogen-bond donors (Lipinski definition) is 1. The molecule has 0 amide bonds.